The normalized spacial score (nSPS) is 11.0. The van der Waals surface area contributed by atoms with Gasteiger partial charge in [0, 0.05) is 6.54 Å². The van der Waals surface area contributed by atoms with Crippen LogP contribution < -0.4 is 5.32 Å². The lowest BCUT2D eigenvalue weighted by molar-refractivity contribution is 0.0499. The van der Waals surface area contributed by atoms with Crippen LogP contribution in [0.4, 0.5) is 5.82 Å². The summed E-state index contributed by atoms with van der Waals surface area (Å²) in [6.45, 7) is 1.24. The van der Waals surface area contributed by atoms with Crippen molar-refractivity contribution in [2.75, 3.05) is 18.5 Å². The van der Waals surface area contributed by atoms with E-state index in [0.29, 0.717) is 30.3 Å². The van der Waals surface area contributed by atoms with Gasteiger partial charge in [0.2, 0.25) is 0 Å². The van der Waals surface area contributed by atoms with Gasteiger partial charge in [-0.25, -0.2) is 15.0 Å². The van der Waals surface area contributed by atoms with E-state index in [0.717, 1.165) is 0 Å². The molecule has 0 amide bonds. The molecule has 7 heteroatoms. The van der Waals surface area contributed by atoms with Gasteiger partial charge in [-0.3, -0.25) is 4.57 Å². The molecule has 0 aliphatic rings. The van der Waals surface area contributed by atoms with E-state index in [1.165, 1.54) is 11.9 Å². The van der Waals surface area contributed by atoms with Crippen LogP contribution in [0.25, 0.3) is 11.2 Å². The number of imidazole rings is 1. The number of hydrogen-bond donors (Lipinski definition) is 2. The Balaban J connectivity index is 1.76. The largest absolute Gasteiger partial charge is 0.394 e. The Morgan fingerprint density at radius 2 is 2.00 bits per heavy atom. The van der Waals surface area contributed by atoms with Crippen molar-refractivity contribution in [3.63, 3.8) is 0 Å². The summed E-state index contributed by atoms with van der Waals surface area (Å²) in [5.41, 5.74) is 2.56. The fraction of sp³-hybridized carbons (Fsp3) is 0.267. The molecular weight excluding hydrogens is 282 g/mol. The molecule has 2 N–H and O–H groups in total. The van der Waals surface area contributed by atoms with Crippen LogP contribution in [0.3, 0.4) is 0 Å². The van der Waals surface area contributed by atoms with E-state index in [2.05, 4.69) is 20.3 Å². The molecule has 0 atom stereocenters. The number of aromatic nitrogens is 4. The Morgan fingerprint density at radius 3 is 2.82 bits per heavy atom. The Bertz CT molecular complexity index is 729. The number of hydrogen-bond acceptors (Lipinski definition) is 6. The van der Waals surface area contributed by atoms with Crippen LogP contribution in [-0.2, 0) is 18.0 Å². The lowest BCUT2D eigenvalue weighted by Gasteiger charge is -2.07. The Morgan fingerprint density at radius 1 is 1.14 bits per heavy atom. The summed E-state index contributed by atoms with van der Waals surface area (Å²) in [7, 11) is 0. The molecular formula is C15H17N5O2. The second-order valence-electron chi connectivity index (χ2n) is 4.71. The zero-order chi connectivity index (χ0) is 15.2. The quantitative estimate of drug-likeness (QED) is 0.642. The van der Waals surface area contributed by atoms with E-state index in [-0.39, 0.29) is 13.2 Å². The Labute approximate surface area is 127 Å². The summed E-state index contributed by atoms with van der Waals surface area (Å²) in [5, 5.41) is 12.0. The summed E-state index contributed by atoms with van der Waals surface area (Å²) in [6, 6.07) is 10.1. The predicted molar refractivity (Wildman–Crippen MR) is 82.1 cm³/mol. The molecule has 22 heavy (non-hydrogen) atoms. The van der Waals surface area contributed by atoms with Gasteiger partial charge in [0.25, 0.3) is 0 Å². The third kappa shape index (κ3) is 3.21. The van der Waals surface area contributed by atoms with Crippen LogP contribution in [0.5, 0.6) is 0 Å². The third-order valence-electron chi connectivity index (χ3n) is 3.17. The van der Waals surface area contributed by atoms with Crippen LogP contribution >= 0.6 is 0 Å². The zero-order valence-electron chi connectivity index (χ0n) is 12.0. The van der Waals surface area contributed by atoms with Crippen molar-refractivity contribution in [2.45, 2.75) is 13.3 Å². The van der Waals surface area contributed by atoms with Gasteiger partial charge in [0.15, 0.2) is 17.0 Å². The number of ether oxygens (including phenoxy) is 1. The van der Waals surface area contributed by atoms with Crippen molar-refractivity contribution in [1.29, 1.82) is 0 Å². The lowest BCUT2D eigenvalue weighted by atomic mass is 10.2. The molecule has 1 aromatic carbocycles. The molecule has 0 aliphatic carbocycles. The molecule has 2 aromatic heterocycles. The molecule has 3 rings (SSSR count). The van der Waals surface area contributed by atoms with E-state index < -0.39 is 0 Å². The molecule has 0 saturated carbocycles. The second kappa shape index (κ2) is 6.97. The number of nitrogens with one attached hydrogen (secondary N) is 1. The molecule has 0 fully saturated rings. The van der Waals surface area contributed by atoms with Crippen molar-refractivity contribution in [3.8, 4) is 0 Å². The molecule has 7 nitrogen and oxygen atoms in total. The number of rotatable bonds is 7. The number of anilines is 1. The van der Waals surface area contributed by atoms with Crippen LogP contribution in [0, 0.1) is 0 Å². The van der Waals surface area contributed by atoms with Crippen LogP contribution in [-0.4, -0.2) is 37.8 Å². The van der Waals surface area contributed by atoms with Crippen molar-refractivity contribution in [1.82, 2.24) is 19.5 Å². The van der Waals surface area contributed by atoms with Crippen LogP contribution in [0.2, 0.25) is 0 Å². The van der Waals surface area contributed by atoms with Gasteiger partial charge < -0.3 is 15.2 Å². The first-order valence-corrected chi connectivity index (χ1v) is 7.00. The summed E-state index contributed by atoms with van der Waals surface area (Å²) in [5.74, 6) is 0.690. The van der Waals surface area contributed by atoms with Crippen LogP contribution in [0.15, 0.2) is 43.0 Å². The van der Waals surface area contributed by atoms with Gasteiger partial charge in [-0.2, -0.15) is 0 Å². The number of aliphatic hydroxyl groups is 1. The maximum absolute atomic E-state index is 8.74. The van der Waals surface area contributed by atoms with E-state index in [9.17, 15) is 0 Å². The minimum absolute atomic E-state index is 0.00844. The molecule has 2 heterocycles. The molecule has 0 bridgehead atoms. The van der Waals surface area contributed by atoms with Crippen molar-refractivity contribution in [2.24, 2.45) is 0 Å². The first kappa shape index (κ1) is 14.4. The number of benzene rings is 1. The monoisotopic (exact) mass is 299 g/mol. The maximum atomic E-state index is 8.74. The Kier molecular flexibility index (Phi) is 4.57. The minimum Gasteiger partial charge on any atom is -0.394 e. The Hall–Kier alpha value is -2.51. The van der Waals surface area contributed by atoms with E-state index >= 15 is 0 Å². The summed E-state index contributed by atoms with van der Waals surface area (Å²) >= 11 is 0. The van der Waals surface area contributed by atoms with Gasteiger partial charge >= 0.3 is 0 Å². The smallest absolute Gasteiger partial charge is 0.167 e. The number of fused-ring (bicyclic) bond motifs is 1. The highest BCUT2D eigenvalue weighted by Gasteiger charge is 2.09. The van der Waals surface area contributed by atoms with E-state index in [1.54, 1.807) is 10.9 Å². The fourth-order valence-corrected chi connectivity index (χ4v) is 2.11. The molecule has 114 valence electrons. The second-order valence-corrected chi connectivity index (χ2v) is 4.71. The molecule has 0 spiro atoms. The lowest BCUT2D eigenvalue weighted by Crippen LogP contribution is -2.06. The van der Waals surface area contributed by atoms with Gasteiger partial charge in [-0.05, 0) is 5.56 Å². The third-order valence-corrected chi connectivity index (χ3v) is 3.17. The average Bonchev–Trinajstić information content (AvgIpc) is 2.98. The summed E-state index contributed by atoms with van der Waals surface area (Å²) < 4.78 is 7.07. The molecule has 0 radical (unpaired) electrons. The molecule has 0 aliphatic heterocycles. The molecule has 0 unspecified atom stereocenters. The van der Waals surface area contributed by atoms with E-state index in [1.807, 2.05) is 30.3 Å². The van der Waals surface area contributed by atoms with Crippen molar-refractivity contribution < 1.29 is 9.84 Å². The van der Waals surface area contributed by atoms with E-state index in [4.69, 9.17) is 9.84 Å². The van der Waals surface area contributed by atoms with Gasteiger partial charge in [-0.1, -0.05) is 30.3 Å². The maximum Gasteiger partial charge on any atom is 0.167 e. The minimum atomic E-state index is -0.00844. The van der Waals surface area contributed by atoms with Gasteiger partial charge in [0.05, 0.1) is 19.5 Å². The van der Waals surface area contributed by atoms with Crippen molar-refractivity contribution >= 4 is 17.0 Å². The van der Waals surface area contributed by atoms with Crippen molar-refractivity contribution in [3.05, 3.63) is 48.5 Å². The average molecular weight is 299 g/mol. The first-order valence-electron chi connectivity index (χ1n) is 7.00. The van der Waals surface area contributed by atoms with Crippen LogP contribution in [0.1, 0.15) is 5.56 Å². The zero-order valence-corrected chi connectivity index (χ0v) is 12.0. The number of nitrogens with zero attached hydrogens (tertiary/aromatic N) is 4. The van der Waals surface area contributed by atoms with Gasteiger partial charge in [0.1, 0.15) is 13.1 Å². The topological polar surface area (TPSA) is 85.1 Å². The standard InChI is InChI=1S/C15H17N5O2/c21-6-7-22-11-20-10-19-13-14(17-9-18-15(13)20)16-8-12-4-2-1-3-5-12/h1-5,9-10,21H,6-8,11H2,(H,16,17,18). The summed E-state index contributed by atoms with van der Waals surface area (Å²) in [4.78, 5) is 12.8. The summed E-state index contributed by atoms with van der Waals surface area (Å²) in [6.07, 6.45) is 3.16. The number of aliphatic hydroxyl groups excluding tert-OH is 1. The van der Waals surface area contributed by atoms with Gasteiger partial charge in [-0.15, -0.1) is 0 Å². The fourth-order valence-electron chi connectivity index (χ4n) is 2.11. The highest BCUT2D eigenvalue weighted by Crippen LogP contribution is 2.18. The first-order chi connectivity index (χ1) is 10.9. The molecule has 3 aromatic rings. The highest BCUT2D eigenvalue weighted by molar-refractivity contribution is 5.82. The predicted octanol–water partition coefficient (Wildman–Crippen LogP) is 1.40. The highest BCUT2D eigenvalue weighted by atomic mass is 16.5. The SMILES string of the molecule is OCCOCn1cnc2c(NCc3ccccc3)ncnc21. The molecule has 0 saturated heterocycles.